The number of benzene rings is 1. The van der Waals surface area contributed by atoms with Gasteiger partial charge in [0.1, 0.15) is 0 Å². The van der Waals surface area contributed by atoms with Gasteiger partial charge >= 0.3 is 5.97 Å². The standard InChI is InChI=1S/C19H26N4O2/c1-5-25-19(24)16-11-12-18(21-20-16)23(14-8-13-22(3)4)17-10-7-6-9-15(17)2/h6-7,9-12H,5,8,13-14H2,1-4H3. The highest BCUT2D eigenvalue weighted by Gasteiger charge is 2.15. The highest BCUT2D eigenvalue weighted by atomic mass is 16.5. The normalized spacial score (nSPS) is 10.8. The van der Waals surface area contributed by atoms with E-state index in [1.54, 1.807) is 13.0 Å². The van der Waals surface area contributed by atoms with Crippen LogP contribution in [0.15, 0.2) is 36.4 Å². The molecule has 0 aliphatic heterocycles. The number of anilines is 2. The number of hydrogen-bond acceptors (Lipinski definition) is 6. The van der Waals surface area contributed by atoms with Gasteiger partial charge < -0.3 is 14.5 Å². The Bertz CT molecular complexity index is 686. The molecule has 25 heavy (non-hydrogen) atoms. The topological polar surface area (TPSA) is 58.6 Å². The van der Waals surface area contributed by atoms with E-state index in [-0.39, 0.29) is 5.69 Å². The molecule has 0 aliphatic rings. The number of carbonyl (C=O) groups excluding carboxylic acids is 1. The summed E-state index contributed by atoms with van der Waals surface area (Å²) < 4.78 is 4.96. The average molecular weight is 342 g/mol. The fraction of sp³-hybridized carbons (Fsp3) is 0.421. The summed E-state index contributed by atoms with van der Waals surface area (Å²) in [7, 11) is 4.12. The Morgan fingerprint density at radius 3 is 2.44 bits per heavy atom. The molecule has 0 unspecified atom stereocenters. The molecule has 0 fully saturated rings. The second-order valence-electron chi connectivity index (χ2n) is 6.09. The van der Waals surface area contributed by atoms with Gasteiger partial charge in [-0.1, -0.05) is 18.2 Å². The molecule has 0 N–H and O–H groups in total. The number of carbonyl (C=O) groups is 1. The Hall–Kier alpha value is -2.47. The van der Waals surface area contributed by atoms with E-state index in [2.05, 4.69) is 53.1 Å². The Morgan fingerprint density at radius 1 is 1.08 bits per heavy atom. The van der Waals surface area contributed by atoms with Gasteiger partial charge in [-0.25, -0.2) is 4.79 Å². The molecule has 0 saturated carbocycles. The van der Waals surface area contributed by atoms with E-state index >= 15 is 0 Å². The predicted molar refractivity (Wildman–Crippen MR) is 99.3 cm³/mol. The van der Waals surface area contributed by atoms with Crippen molar-refractivity contribution in [2.75, 3.05) is 38.7 Å². The maximum atomic E-state index is 11.8. The SMILES string of the molecule is CCOC(=O)c1ccc(N(CCCN(C)C)c2ccccc2C)nn1. The molecule has 0 aliphatic carbocycles. The molecule has 0 amide bonds. The Kier molecular flexibility index (Phi) is 6.89. The van der Waals surface area contributed by atoms with Crippen molar-refractivity contribution in [3.8, 4) is 0 Å². The molecule has 0 saturated heterocycles. The monoisotopic (exact) mass is 342 g/mol. The van der Waals surface area contributed by atoms with Crippen LogP contribution >= 0.6 is 0 Å². The third-order valence-corrected chi connectivity index (χ3v) is 3.80. The summed E-state index contributed by atoms with van der Waals surface area (Å²) >= 11 is 0. The second-order valence-corrected chi connectivity index (χ2v) is 6.09. The van der Waals surface area contributed by atoms with Gasteiger partial charge in [-0.2, -0.15) is 0 Å². The van der Waals surface area contributed by atoms with Crippen LogP contribution in [0.2, 0.25) is 0 Å². The van der Waals surface area contributed by atoms with Crippen molar-refractivity contribution in [2.45, 2.75) is 20.3 Å². The number of aromatic nitrogens is 2. The zero-order valence-electron chi connectivity index (χ0n) is 15.4. The van der Waals surface area contributed by atoms with E-state index in [1.165, 1.54) is 5.56 Å². The number of esters is 1. The predicted octanol–water partition coefficient (Wildman–Crippen LogP) is 3.05. The third-order valence-electron chi connectivity index (χ3n) is 3.80. The molecular weight excluding hydrogens is 316 g/mol. The molecule has 0 bridgehead atoms. The highest BCUT2D eigenvalue weighted by molar-refractivity contribution is 5.87. The highest BCUT2D eigenvalue weighted by Crippen LogP contribution is 2.26. The van der Waals surface area contributed by atoms with Crippen molar-refractivity contribution in [2.24, 2.45) is 0 Å². The van der Waals surface area contributed by atoms with Gasteiger partial charge in [-0.05, 0) is 64.7 Å². The van der Waals surface area contributed by atoms with Gasteiger partial charge in [0.15, 0.2) is 11.5 Å². The van der Waals surface area contributed by atoms with Gasteiger partial charge in [-0.15, -0.1) is 10.2 Å². The maximum Gasteiger partial charge on any atom is 0.358 e. The zero-order valence-corrected chi connectivity index (χ0v) is 15.4. The average Bonchev–Trinajstić information content (AvgIpc) is 2.60. The van der Waals surface area contributed by atoms with Crippen molar-refractivity contribution in [1.82, 2.24) is 15.1 Å². The minimum Gasteiger partial charge on any atom is -0.461 e. The molecule has 0 spiro atoms. The Labute approximate surface area is 149 Å². The fourth-order valence-corrected chi connectivity index (χ4v) is 2.55. The smallest absolute Gasteiger partial charge is 0.358 e. The molecule has 134 valence electrons. The fourth-order valence-electron chi connectivity index (χ4n) is 2.55. The largest absolute Gasteiger partial charge is 0.461 e. The third kappa shape index (κ3) is 5.26. The first kappa shape index (κ1) is 18.9. The van der Waals surface area contributed by atoms with Crippen LogP contribution < -0.4 is 4.90 Å². The van der Waals surface area contributed by atoms with Crippen LogP contribution in [-0.4, -0.2) is 54.9 Å². The van der Waals surface area contributed by atoms with Crippen molar-refractivity contribution in [1.29, 1.82) is 0 Å². The van der Waals surface area contributed by atoms with Crippen molar-refractivity contribution >= 4 is 17.5 Å². The Balaban J connectivity index is 2.25. The van der Waals surface area contributed by atoms with E-state index in [9.17, 15) is 4.79 Å². The van der Waals surface area contributed by atoms with Crippen molar-refractivity contribution in [3.05, 3.63) is 47.7 Å². The first-order valence-corrected chi connectivity index (χ1v) is 8.51. The molecule has 1 aromatic heterocycles. The Morgan fingerprint density at radius 2 is 1.84 bits per heavy atom. The number of nitrogens with zero attached hydrogens (tertiary/aromatic N) is 4. The minimum absolute atomic E-state index is 0.226. The van der Waals surface area contributed by atoms with Crippen LogP contribution in [0.3, 0.4) is 0 Å². The van der Waals surface area contributed by atoms with Crippen molar-refractivity contribution in [3.63, 3.8) is 0 Å². The van der Waals surface area contributed by atoms with E-state index in [0.717, 1.165) is 31.0 Å². The number of rotatable bonds is 8. The first-order chi connectivity index (χ1) is 12.0. The molecule has 1 heterocycles. The quantitative estimate of drug-likeness (QED) is 0.687. The molecule has 0 atom stereocenters. The number of aryl methyl sites for hydroxylation is 1. The molecule has 2 aromatic rings. The van der Waals surface area contributed by atoms with Crippen LogP contribution in [0.25, 0.3) is 0 Å². The van der Waals surface area contributed by atoms with Gasteiger partial charge in [0, 0.05) is 12.2 Å². The van der Waals surface area contributed by atoms with E-state index < -0.39 is 5.97 Å². The number of hydrogen-bond donors (Lipinski definition) is 0. The number of para-hydroxylation sites is 1. The van der Waals surface area contributed by atoms with Gasteiger partial charge in [0.2, 0.25) is 0 Å². The summed E-state index contributed by atoms with van der Waals surface area (Å²) in [4.78, 5) is 16.1. The van der Waals surface area contributed by atoms with Crippen molar-refractivity contribution < 1.29 is 9.53 Å². The summed E-state index contributed by atoms with van der Waals surface area (Å²) in [5.41, 5.74) is 2.49. The minimum atomic E-state index is -0.448. The lowest BCUT2D eigenvalue weighted by Crippen LogP contribution is -2.25. The number of ether oxygens (including phenoxy) is 1. The summed E-state index contributed by atoms with van der Waals surface area (Å²) in [5, 5.41) is 8.30. The van der Waals surface area contributed by atoms with Gasteiger partial charge in [0.05, 0.1) is 6.61 Å². The summed E-state index contributed by atoms with van der Waals surface area (Å²) in [6, 6.07) is 11.7. The molecular formula is C19H26N4O2. The molecule has 6 heteroatoms. The van der Waals surface area contributed by atoms with Crippen LogP contribution in [0.1, 0.15) is 29.4 Å². The lowest BCUT2D eigenvalue weighted by atomic mass is 10.1. The molecule has 1 aromatic carbocycles. The summed E-state index contributed by atoms with van der Waals surface area (Å²) in [6.07, 6.45) is 0.989. The molecule has 2 rings (SSSR count). The summed E-state index contributed by atoms with van der Waals surface area (Å²) in [6.45, 7) is 5.97. The lowest BCUT2D eigenvalue weighted by molar-refractivity contribution is 0.0518. The van der Waals surface area contributed by atoms with Gasteiger partial charge in [-0.3, -0.25) is 0 Å². The first-order valence-electron chi connectivity index (χ1n) is 8.51. The zero-order chi connectivity index (χ0) is 18.2. The maximum absolute atomic E-state index is 11.8. The lowest BCUT2D eigenvalue weighted by Gasteiger charge is -2.25. The van der Waals surface area contributed by atoms with Crippen LogP contribution in [0.4, 0.5) is 11.5 Å². The summed E-state index contributed by atoms with van der Waals surface area (Å²) in [5.74, 6) is 0.276. The van der Waals surface area contributed by atoms with E-state index in [0.29, 0.717) is 6.61 Å². The van der Waals surface area contributed by atoms with Crippen LogP contribution in [-0.2, 0) is 4.74 Å². The van der Waals surface area contributed by atoms with Gasteiger partial charge in [0.25, 0.3) is 0 Å². The van der Waals surface area contributed by atoms with E-state index in [4.69, 9.17) is 4.74 Å². The second kappa shape index (κ2) is 9.13. The van der Waals surface area contributed by atoms with E-state index in [1.807, 2.05) is 18.2 Å². The van der Waals surface area contributed by atoms with Crippen LogP contribution in [0, 0.1) is 6.92 Å². The molecule has 0 radical (unpaired) electrons. The van der Waals surface area contributed by atoms with Crippen LogP contribution in [0.5, 0.6) is 0 Å². The molecule has 6 nitrogen and oxygen atoms in total.